The molecule has 2 aromatic rings. The molecular weight excluding hydrogens is 332 g/mol. The Morgan fingerprint density at radius 2 is 2.17 bits per heavy atom. The Kier molecular flexibility index (Phi) is 5.07. The van der Waals surface area contributed by atoms with Crippen molar-refractivity contribution in [2.75, 3.05) is 18.5 Å². The van der Waals surface area contributed by atoms with E-state index < -0.39 is 5.97 Å². The first-order valence-electron chi connectivity index (χ1n) is 7.45. The number of amides is 1. The second kappa shape index (κ2) is 7.41. The van der Waals surface area contributed by atoms with Crippen LogP contribution in [-0.2, 0) is 14.3 Å². The van der Waals surface area contributed by atoms with Gasteiger partial charge in [0.2, 0.25) is 0 Å². The molecule has 0 aliphatic carbocycles. The van der Waals surface area contributed by atoms with Gasteiger partial charge in [-0.1, -0.05) is 0 Å². The van der Waals surface area contributed by atoms with E-state index in [0.717, 1.165) is 24.1 Å². The highest BCUT2D eigenvalue weighted by molar-refractivity contribution is 7.14. The van der Waals surface area contributed by atoms with Crippen LogP contribution in [-0.4, -0.2) is 41.3 Å². The molecule has 1 fully saturated rings. The number of nitrogens with zero attached hydrogens (tertiary/aromatic N) is 1. The maximum Gasteiger partial charge on any atom is 0.341 e. The molecule has 7 nitrogen and oxygen atoms in total. The lowest BCUT2D eigenvalue weighted by atomic mass is 10.2. The fourth-order valence-electron chi connectivity index (χ4n) is 2.30. The van der Waals surface area contributed by atoms with Gasteiger partial charge in [0.15, 0.2) is 11.7 Å². The zero-order valence-corrected chi connectivity index (χ0v) is 13.5. The smallest absolute Gasteiger partial charge is 0.341 e. The number of aliphatic carboxylic acids is 1. The van der Waals surface area contributed by atoms with Gasteiger partial charge in [-0.05, 0) is 37.1 Å². The second-order valence-corrected chi connectivity index (χ2v) is 6.09. The monoisotopic (exact) mass is 348 g/mol. The summed E-state index contributed by atoms with van der Waals surface area (Å²) >= 11 is 1.34. The molecule has 1 aliphatic heterocycles. The maximum atomic E-state index is 12.0. The molecule has 1 saturated heterocycles. The highest BCUT2D eigenvalue weighted by atomic mass is 32.1. The van der Waals surface area contributed by atoms with Gasteiger partial charge in [0.25, 0.3) is 5.91 Å². The van der Waals surface area contributed by atoms with E-state index in [1.807, 2.05) is 5.38 Å². The molecule has 24 heavy (non-hydrogen) atoms. The number of ether oxygens (including phenoxy) is 2. The van der Waals surface area contributed by atoms with Gasteiger partial charge in [0.05, 0.1) is 5.69 Å². The molecule has 0 spiro atoms. The molecule has 126 valence electrons. The lowest BCUT2D eigenvalue weighted by molar-refractivity contribution is -0.139. The molecule has 2 heterocycles. The van der Waals surface area contributed by atoms with Crippen LogP contribution < -0.4 is 10.1 Å². The van der Waals surface area contributed by atoms with Crippen molar-refractivity contribution >= 4 is 28.3 Å². The molecule has 1 aliphatic rings. The van der Waals surface area contributed by atoms with Gasteiger partial charge in [-0.3, -0.25) is 10.1 Å². The quantitative estimate of drug-likeness (QED) is 0.832. The van der Waals surface area contributed by atoms with E-state index in [2.05, 4.69) is 10.3 Å². The minimum atomic E-state index is -1.02. The van der Waals surface area contributed by atoms with E-state index in [9.17, 15) is 9.59 Å². The molecule has 1 unspecified atom stereocenters. The summed E-state index contributed by atoms with van der Waals surface area (Å²) in [5.41, 5.74) is 1.58. The number of nitrogens with one attached hydrogen (secondary N) is 1. The first kappa shape index (κ1) is 16.4. The van der Waals surface area contributed by atoms with Crippen molar-refractivity contribution in [3.63, 3.8) is 0 Å². The molecule has 1 atom stereocenters. The Hall–Kier alpha value is -2.45. The summed E-state index contributed by atoms with van der Waals surface area (Å²) in [4.78, 5) is 26.9. The van der Waals surface area contributed by atoms with Gasteiger partial charge in [-0.2, -0.15) is 0 Å². The summed E-state index contributed by atoms with van der Waals surface area (Å²) in [5, 5.41) is 13.7. The summed E-state index contributed by atoms with van der Waals surface area (Å²) in [6.45, 7) is 0.243. The molecular formula is C16H16N2O5S. The van der Waals surface area contributed by atoms with Crippen LogP contribution in [0.5, 0.6) is 5.75 Å². The van der Waals surface area contributed by atoms with Crippen molar-refractivity contribution in [2.24, 2.45) is 0 Å². The van der Waals surface area contributed by atoms with Crippen molar-refractivity contribution in [1.29, 1.82) is 0 Å². The number of hydrogen-bond acceptors (Lipinski definition) is 6. The van der Waals surface area contributed by atoms with Crippen molar-refractivity contribution < 1.29 is 24.2 Å². The number of rotatable bonds is 6. The topological polar surface area (TPSA) is 97.8 Å². The summed E-state index contributed by atoms with van der Waals surface area (Å²) in [7, 11) is 0. The number of carbonyl (C=O) groups excluding carboxylic acids is 1. The number of carbonyl (C=O) groups is 2. The number of carboxylic acids is 1. The molecule has 2 N–H and O–H groups in total. The van der Waals surface area contributed by atoms with Crippen LogP contribution in [0.3, 0.4) is 0 Å². The number of hydrogen-bond donors (Lipinski definition) is 2. The third kappa shape index (κ3) is 4.09. The third-order valence-electron chi connectivity index (χ3n) is 3.47. The fourth-order valence-corrected chi connectivity index (χ4v) is 3.02. The van der Waals surface area contributed by atoms with Crippen molar-refractivity contribution in [2.45, 2.75) is 18.9 Å². The maximum absolute atomic E-state index is 12.0. The number of aromatic nitrogens is 1. The van der Waals surface area contributed by atoms with Gasteiger partial charge in [-0.15, -0.1) is 11.3 Å². The second-order valence-electron chi connectivity index (χ2n) is 5.24. The number of carboxylic acid groups (broad SMARTS) is 1. The molecule has 1 aromatic heterocycles. The largest absolute Gasteiger partial charge is 0.482 e. The van der Waals surface area contributed by atoms with Crippen molar-refractivity contribution in [1.82, 2.24) is 4.98 Å². The highest BCUT2D eigenvalue weighted by Crippen LogP contribution is 2.27. The van der Waals surface area contributed by atoms with E-state index in [1.165, 1.54) is 11.3 Å². The van der Waals surface area contributed by atoms with E-state index in [-0.39, 0.29) is 18.6 Å². The van der Waals surface area contributed by atoms with Gasteiger partial charge < -0.3 is 14.6 Å². The van der Waals surface area contributed by atoms with Gasteiger partial charge >= 0.3 is 5.97 Å². The average molecular weight is 348 g/mol. The Bertz CT molecular complexity index is 722. The lowest BCUT2D eigenvalue weighted by Gasteiger charge is -2.07. The van der Waals surface area contributed by atoms with Crippen molar-refractivity contribution in [3.05, 3.63) is 29.6 Å². The Morgan fingerprint density at radius 3 is 2.83 bits per heavy atom. The number of anilines is 1. The summed E-state index contributed by atoms with van der Waals surface area (Å²) in [6.07, 6.45) is 1.25. The van der Waals surface area contributed by atoms with E-state index in [0.29, 0.717) is 17.5 Å². The van der Waals surface area contributed by atoms with E-state index in [4.69, 9.17) is 14.6 Å². The molecule has 1 amide bonds. The molecule has 3 rings (SSSR count). The SMILES string of the molecule is O=C(O)COc1ccc(-c2csc(NC(=O)C3CCCO3)n2)cc1. The van der Waals surface area contributed by atoms with Gasteiger partial charge in [-0.25, -0.2) is 9.78 Å². The van der Waals surface area contributed by atoms with Crippen LogP contribution in [0.2, 0.25) is 0 Å². The molecule has 1 aromatic carbocycles. The predicted octanol–water partition coefficient (Wildman–Crippen LogP) is 2.39. The van der Waals surface area contributed by atoms with E-state index in [1.54, 1.807) is 24.3 Å². The Balaban J connectivity index is 1.62. The number of benzene rings is 1. The van der Waals surface area contributed by atoms with Crippen molar-refractivity contribution in [3.8, 4) is 17.0 Å². The van der Waals surface area contributed by atoms with Crippen LogP contribution in [0.15, 0.2) is 29.6 Å². The highest BCUT2D eigenvalue weighted by Gasteiger charge is 2.24. The van der Waals surface area contributed by atoms with Crippen LogP contribution >= 0.6 is 11.3 Å². The minimum absolute atomic E-state index is 0.161. The summed E-state index contributed by atoms with van der Waals surface area (Å²) in [6, 6.07) is 6.94. The molecule has 8 heteroatoms. The zero-order valence-electron chi connectivity index (χ0n) is 12.7. The van der Waals surface area contributed by atoms with Crippen LogP contribution in [0, 0.1) is 0 Å². The van der Waals surface area contributed by atoms with Gasteiger partial charge in [0.1, 0.15) is 11.9 Å². The zero-order chi connectivity index (χ0) is 16.9. The fraction of sp³-hybridized carbons (Fsp3) is 0.312. The summed E-state index contributed by atoms with van der Waals surface area (Å²) in [5.74, 6) is -0.709. The Labute approximate surface area is 142 Å². The minimum Gasteiger partial charge on any atom is -0.482 e. The normalized spacial score (nSPS) is 16.8. The summed E-state index contributed by atoms with van der Waals surface area (Å²) < 4.78 is 10.4. The number of thiazole rings is 1. The van der Waals surface area contributed by atoms with E-state index >= 15 is 0 Å². The standard InChI is InChI=1S/C16H16N2O5S/c19-14(20)8-23-11-5-3-10(4-6-11)12-9-24-16(17-12)18-15(21)13-2-1-7-22-13/h3-6,9,13H,1-2,7-8H2,(H,19,20)(H,17,18,21). The van der Waals surface area contributed by atoms with Crippen LogP contribution in [0.1, 0.15) is 12.8 Å². The predicted molar refractivity (Wildman–Crippen MR) is 88.3 cm³/mol. The Morgan fingerprint density at radius 1 is 1.38 bits per heavy atom. The lowest BCUT2D eigenvalue weighted by Crippen LogP contribution is -2.26. The average Bonchev–Trinajstić information content (AvgIpc) is 3.25. The van der Waals surface area contributed by atoms with Crippen LogP contribution in [0.25, 0.3) is 11.3 Å². The van der Waals surface area contributed by atoms with Gasteiger partial charge in [0, 0.05) is 17.6 Å². The first-order valence-corrected chi connectivity index (χ1v) is 8.33. The molecule has 0 saturated carbocycles. The molecule has 0 radical (unpaired) electrons. The molecule has 0 bridgehead atoms. The van der Waals surface area contributed by atoms with Crippen LogP contribution in [0.4, 0.5) is 5.13 Å². The third-order valence-corrected chi connectivity index (χ3v) is 4.23. The first-order chi connectivity index (χ1) is 11.6.